The van der Waals surface area contributed by atoms with Crippen LogP contribution in [-0.4, -0.2) is 70.2 Å². The van der Waals surface area contributed by atoms with Crippen molar-refractivity contribution in [3.63, 3.8) is 0 Å². The summed E-state index contributed by atoms with van der Waals surface area (Å²) in [5.41, 5.74) is 1.48. The highest BCUT2D eigenvalue weighted by atomic mass is 32.1. The lowest BCUT2D eigenvalue weighted by Crippen LogP contribution is -2.39. The van der Waals surface area contributed by atoms with Gasteiger partial charge in [0.2, 0.25) is 11.8 Å². The number of aryl methyl sites for hydroxylation is 1. The SMILES string of the molecule is COCCCNC(=O)CN(C)CC(=O)Nc1sc2c(c1C(=O)OC)CCCC2. The normalized spacial score (nSPS) is 13.1. The molecule has 2 N–H and O–H groups in total. The average molecular weight is 412 g/mol. The lowest BCUT2D eigenvalue weighted by Gasteiger charge is -2.16. The number of nitrogens with zero attached hydrogens (tertiary/aromatic N) is 1. The number of esters is 1. The van der Waals surface area contributed by atoms with Crippen LogP contribution in [0, 0.1) is 0 Å². The third-order valence-electron chi connectivity index (χ3n) is 4.49. The van der Waals surface area contributed by atoms with Crippen molar-refractivity contribution in [3.05, 3.63) is 16.0 Å². The fraction of sp³-hybridized carbons (Fsp3) is 0.632. The van der Waals surface area contributed by atoms with Crippen molar-refractivity contribution in [2.45, 2.75) is 32.1 Å². The van der Waals surface area contributed by atoms with Crippen molar-refractivity contribution in [2.75, 3.05) is 52.8 Å². The number of carbonyl (C=O) groups excluding carboxylic acids is 3. The van der Waals surface area contributed by atoms with E-state index in [-0.39, 0.29) is 24.9 Å². The molecule has 0 spiro atoms. The second kappa shape index (κ2) is 11.1. The summed E-state index contributed by atoms with van der Waals surface area (Å²) in [5, 5.41) is 6.16. The third kappa shape index (κ3) is 6.29. The summed E-state index contributed by atoms with van der Waals surface area (Å²) in [6.45, 7) is 1.29. The van der Waals surface area contributed by atoms with Gasteiger partial charge in [0.25, 0.3) is 0 Å². The van der Waals surface area contributed by atoms with E-state index in [1.165, 1.54) is 18.4 Å². The highest BCUT2D eigenvalue weighted by Gasteiger charge is 2.27. The minimum absolute atomic E-state index is 0.0503. The van der Waals surface area contributed by atoms with Crippen LogP contribution in [0.2, 0.25) is 0 Å². The summed E-state index contributed by atoms with van der Waals surface area (Å²) in [7, 11) is 4.67. The Balaban J connectivity index is 1.91. The molecule has 1 aromatic heterocycles. The Morgan fingerprint density at radius 3 is 2.54 bits per heavy atom. The predicted octanol–water partition coefficient (Wildman–Crippen LogP) is 1.44. The van der Waals surface area contributed by atoms with Crippen LogP contribution < -0.4 is 10.6 Å². The van der Waals surface area contributed by atoms with E-state index in [1.807, 2.05) is 0 Å². The van der Waals surface area contributed by atoms with Crippen molar-refractivity contribution in [3.8, 4) is 0 Å². The largest absolute Gasteiger partial charge is 0.465 e. The van der Waals surface area contributed by atoms with Crippen molar-refractivity contribution in [1.82, 2.24) is 10.2 Å². The van der Waals surface area contributed by atoms with Crippen molar-refractivity contribution < 1.29 is 23.9 Å². The molecule has 0 radical (unpaired) electrons. The Labute approximate surface area is 169 Å². The third-order valence-corrected chi connectivity index (χ3v) is 5.70. The van der Waals surface area contributed by atoms with Gasteiger partial charge in [-0.1, -0.05) is 0 Å². The number of rotatable bonds is 10. The van der Waals surface area contributed by atoms with Crippen LogP contribution in [0.25, 0.3) is 0 Å². The Kier molecular flexibility index (Phi) is 8.88. The van der Waals surface area contributed by atoms with Crippen LogP contribution in [0.3, 0.4) is 0 Å². The van der Waals surface area contributed by atoms with Crippen molar-refractivity contribution >= 4 is 34.1 Å². The zero-order valence-electron chi connectivity index (χ0n) is 16.8. The van der Waals surface area contributed by atoms with Gasteiger partial charge < -0.3 is 20.1 Å². The van der Waals surface area contributed by atoms with Gasteiger partial charge in [0, 0.05) is 25.1 Å². The van der Waals surface area contributed by atoms with E-state index < -0.39 is 5.97 Å². The standard InChI is InChI=1S/C19H29N3O5S/c1-22(11-15(23)20-9-6-10-26-2)12-16(24)21-18-17(19(25)27-3)13-7-4-5-8-14(13)28-18/h4-12H2,1-3H3,(H,20,23)(H,21,24). The molecule has 0 aliphatic heterocycles. The van der Waals surface area contributed by atoms with Gasteiger partial charge in [-0.25, -0.2) is 4.79 Å². The second-order valence-electron chi connectivity index (χ2n) is 6.82. The maximum absolute atomic E-state index is 12.4. The molecule has 28 heavy (non-hydrogen) atoms. The van der Waals surface area contributed by atoms with Crippen LogP contribution in [-0.2, 0) is 31.9 Å². The molecule has 0 saturated carbocycles. The first-order chi connectivity index (χ1) is 13.5. The summed E-state index contributed by atoms with van der Waals surface area (Å²) in [6, 6.07) is 0. The number of carbonyl (C=O) groups is 3. The Bertz CT molecular complexity index is 704. The van der Waals surface area contributed by atoms with Gasteiger partial charge in [0.15, 0.2) is 0 Å². The maximum Gasteiger partial charge on any atom is 0.341 e. The molecule has 8 nitrogen and oxygen atoms in total. The molecular formula is C19H29N3O5S. The van der Waals surface area contributed by atoms with Crippen LogP contribution in [0.5, 0.6) is 0 Å². The molecule has 9 heteroatoms. The van der Waals surface area contributed by atoms with E-state index in [0.29, 0.717) is 23.7 Å². The number of methoxy groups -OCH3 is 2. The number of thiophene rings is 1. The van der Waals surface area contributed by atoms with Crippen LogP contribution in [0.4, 0.5) is 5.00 Å². The summed E-state index contributed by atoms with van der Waals surface area (Å²) < 4.78 is 9.85. The number of hydrogen-bond acceptors (Lipinski definition) is 7. The summed E-state index contributed by atoms with van der Waals surface area (Å²) in [6.07, 6.45) is 4.61. The van der Waals surface area contributed by atoms with E-state index in [0.717, 1.165) is 42.5 Å². The number of likely N-dealkylation sites (N-methyl/N-ethyl adjacent to an activating group) is 1. The maximum atomic E-state index is 12.4. The van der Waals surface area contributed by atoms with Gasteiger partial charge in [-0.2, -0.15) is 0 Å². The van der Waals surface area contributed by atoms with E-state index in [2.05, 4.69) is 10.6 Å². The fourth-order valence-corrected chi connectivity index (χ4v) is 4.48. The molecule has 1 aliphatic carbocycles. The lowest BCUT2D eigenvalue weighted by molar-refractivity contribution is -0.123. The van der Waals surface area contributed by atoms with Crippen molar-refractivity contribution in [2.24, 2.45) is 0 Å². The molecule has 0 aromatic carbocycles. The Morgan fingerprint density at radius 2 is 1.82 bits per heavy atom. The van der Waals surface area contributed by atoms with Crippen LogP contribution in [0.15, 0.2) is 0 Å². The molecule has 0 fully saturated rings. The molecule has 2 rings (SSSR count). The van der Waals surface area contributed by atoms with Gasteiger partial charge >= 0.3 is 5.97 Å². The number of fused-ring (bicyclic) bond motifs is 1. The zero-order chi connectivity index (χ0) is 20.5. The fourth-order valence-electron chi connectivity index (χ4n) is 3.18. The second-order valence-corrected chi connectivity index (χ2v) is 7.93. The molecule has 2 amide bonds. The Morgan fingerprint density at radius 1 is 1.11 bits per heavy atom. The smallest absolute Gasteiger partial charge is 0.341 e. The van der Waals surface area contributed by atoms with Gasteiger partial charge in [-0.15, -0.1) is 11.3 Å². The Hall–Kier alpha value is -1.97. The van der Waals surface area contributed by atoms with Crippen LogP contribution >= 0.6 is 11.3 Å². The highest BCUT2D eigenvalue weighted by molar-refractivity contribution is 7.17. The average Bonchev–Trinajstić information content (AvgIpc) is 3.02. The molecule has 1 aromatic rings. The van der Waals surface area contributed by atoms with Crippen LogP contribution in [0.1, 0.15) is 40.1 Å². The number of nitrogens with one attached hydrogen (secondary N) is 2. The minimum Gasteiger partial charge on any atom is -0.465 e. The first-order valence-corrected chi connectivity index (χ1v) is 10.2. The zero-order valence-corrected chi connectivity index (χ0v) is 17.6. The van der Waals surface area contributed by atoms with E-state index in [1.54, 1.807) is 19.1 Å². The van der Waals surface area contributed by atoms with E-state index >= 15 is 0 Å². The lowest BCUT2D eigenvalue weighted by atomic mass is 9.95. The molecule has 156 valence electrons. The topological polar surface area (TPSA) is 97.0 Å². The predicted molar refractivity (Wildman–Crippen MR) is 108 cm³/mol. The number of amides is 2. The van der Waals surface area contributed by atoms with Gasteiger partial charge in [0.05, 0.1) is 25.8 Å². The van der Waals surface area contributed by atoms with Gasteiger partial charge in [-0.3, -0.25) is 14.5 Å². The number of hydrogen-bond donors (Lipinski definition) is 2. The molecule has 0 saturated heterocycles. The monoisotopic (exact) mass is 411 g/mol. The summed E-state index contributed by atoms with van der Waals surface area (Å²) >= 11 is 1.45. The molecule has 1 heterocycles. The number of anilines is 1. The van der Waals surface area contributed by atoms with Gasteiger partial charge in [-0.05, 0) is 44.7 Å². The summed E-state index contributed by atoms with van der Waals surface area (Å²) in [5.74, 6) is -0.829. The molecular weight excluding hydrogens is 382 g/mol. The van der Waals surface area contributed by atoms with Gasteiger partial charge in [0.1, 0.15) is 5.00 Å². The summed E-state index contributed by atoms with van der Waals surface area (Å²) in [4.78, 5) is 39.3. The van der Waals surface area contributed by atoms with E-state index in [4.69, 9.17) is 9.47 Å². The molecule has 1 aliphatic rings. The first kappa shape index (κ1) is 22.3. The minimum atomic E-state index is -0.418. The molecule has 0 unspecified atom stereocenters. The molecule has 0 bridgehead atoms. The highest BCUT2D eigenvalue weighted by Crippen LogP contribution is 2.38. The number of ether oxygens (including phenoxy) is 2. The quantitative estimate of drug-likeness (QED) is 0.447. The van der Waals surface area contributed by atoms with E-state index in [9.17, 15) is 14.4 Å². The first-order valence-electron chi connectivity index (χ1n) is 9.43. The molecule has 0 atom stereocenters. The van der Waals surface area contributed by atoms with Crippen molar-refractivity contribution in [1.29, 1.82) is 0 Å².